The summed E-state index contributed by atoms with van der Waals surface area (Å²) in [7, 11) is 0. The van der Waals surface area contributed by atoms with Crippen LogP contribution < -0.4 is 15.2 Å². The zero-order valence-electron chi connectivity index (χ0n) is 11.3. The standard InChI is InChI=1S/C14H14N4O2S/c15-14-16-8(7-21-14)4-13-17-9-5-11-12(6-10(9)18-13)20-3-1-2-19-11/h5-7H,1-4H2,(H2,15,16)(H,17,18). The average molecular weight is 302 g/mol. The number of hydrogen-bond acceptors (Lipinski definition) is 6. The highest BCUT2D eigenvalue weighted by molar-refractivity contribution is 7.13. The number of nitrogens with one attached hydrogen (secondary N) is 1. The van der Waals surface area contributed by atoms with E-state index in [9.17, 15) is 0 Å². The van der Waals surface area contributed by atoms with E-state index in [1.807, 2.05) is 17.5 Å². The van der Waals surface area contributed by atoms with E-state index in [-0.39, 0.29) is 0 Å². The lowest BCUT2D eigenvalue weighted by Crippen LogP contribution is -1.97. The van der Waals surface area contributed by atoms with E-state index in [2.05, 4.69) is 15.0 Å². The SMILES string of the molecule is Nc1nc(Cc2nc3cc4c(cc3[nH]2)OCCCO4)cs1. The van der Waals surface area contributed by atoms with E-state index in [4.69, 9.17) is 15.2 Å². The Balaban J connectivity index is 1.69. The first kappa shape index (κ1) is 12.5. The number of benzene rings is 1. The third-order valence-corrected chi connectivity index (χ3v) is 4.04. The number of nitrogens with two attached hydrogens (primary N) is 1. The summed E-state index contributed by atoms with van der Waals surface area (Å²) in [5.41, 5.74) is 8.39. The van der Waals surface area contributed by atoms with Gasteiger partial charge >= 0.3 is 0 Å². The quantitative estimate of drug-likeness (QED) is 0.759. The number of aromatic nitrogens is 3. The smallest absolute Gasteiger partial charge is 0.180 e. The van der Waals surface area contributed by atoms with Gasteiger partial charge in [-0.05, 0) is 0 Å². The number of nitrogens with zero attached hydrogens (tertiary/aromatic N) is 2. The Morgan fingerprint density at radius 3 is 2.76 bits per heavy atom. The highest BCUT2D eigenvalue weighted by Crippen LogP contribution is 2.33. The van der Waals surface area contributed by atoms with E-state index in [1.165, 1.54) is 11.3 Å². The van der Waals surface area contributed by atoms with Crippen molar-refractivity contribution in [1.29, 1.82) is 0 Å². The first-order valence-electron chi connectivity index (χ1n) is 6.76. The minimum Gasteiger partial charge on any atom is -0.489 e. The van der Waals surface area contributed by atoms with Crippen LogP contribution >= 0.6 is 11.3 Å². The highest BCUT2D eigenvalue weighted by Gasteiger charge is 2.14. The van der Waals surface area contributed by atoms with Gasteiger partial charge in [0.15, 0.2) is 16.6 Å². The molecule has 2 aromatic heterocycles. The minimum atomic E-state index is 0.578. The molecule has 4 rings (SSSR count). The summed E-state index contributed by atoms with van der Waals surface area (Å²) in [5.74, 6) is 2.39. The molecule has 0 amide bonds. The number of hydrogen-bond donors (Lipinski definition) is 2. The lowest BCUT2D eigenvalue weighted by atomic mass is 10.3. The molecule has 108 valence electrons. The van der Waals surface area contributed by atoms with E-state index in [0.29, 0.717) is 24.8 Å². The summed E-state index contributed by atoms with van der Waals surface area (Å²) in [4.78, 5) is 12.1. The Labute approximate surface area is 124 Å². The van der Waals surface area contributed by atoms with Crippen LogP contribution in [0, 0.1) is 0 Å². The van der Waals surface area contributed by atoms with Crippen LogP contribution in [0.2, 0.25) is 0 Å². The molecule has 0 saturated heterocycles. The Kier molecular flexibility index (Phi) is 2.92. The van der Waals surface area contributed by atoms with Crippen molar-refractivity contribution in [3.8, 4) is 11.5 Å². The second-order valence-electron chi connectivity index (χ2n) is 4.90. The zero-order chi connectivity index (χ0) is 14.2. The lowest BCUT2D eigenvalue weighted by Gasteiger charge is -2.05. The van der Waals surface area contributed by atoms with Gasteiger partial charge in [0.1, 0.15) is 5.82 Å². The second kappa shape index (κ2) is 4.92. The van der Waals surface area contributed by atoms with Gasteiger partial charge in [-0.25, -0.2) is 9.97 Å². The largest absolute Gasteiger partial charge is 0.489 e. The number of imidazole rings is 1. The van der Waals surface area contributed by atoms with Crippen molar-refractivity contribution in [2.24, 2.45) is 0 Å². The third kappa shape index (κ3) is 2.40. The molecular weight excluding hydrogens is 288 g/mol. The van der Waals surface area contributed by atoms with Gasteiger partial charge in [-0.1, -0.05) is 0 Å². The predicted octanol–water partition coefficient (Wildman–Crippen LogP) is 2.35. The van der Waals surface area contributed by atoms with Crippen molar-refractivity contribution < 1.29 is 9.47 Å². The molecule has 6 nitrogen and oxygen atoms in total. The Morgan fingerprint density at radius 1 is 1.19 bits per heavy atom. The minimum absolute atomic E-state index is 0.578. The predicted molar refractivity (Wildman–Crippen MR) is 81.0 cm³/mol. The summed E-state index contributed by atoms with van der Waals surface area (Å²) in [6.45, 7) is 1.35. The number of fused-ring (bicyclic) bond motifs is 2. The van der Waals surface area contributed by atoms with Gasteiger partial charge in [-0.15, -0.1) is 11.3 Å². The van der Waals surface area contributed by atoms with Crippen LogP contribution in [-0.2, 0) is 6.42 Å². The maximum Gasteiger partial charge on any atom is 0.180 e. The highest BCUT2D eigenvalue weighted by atomic mass is 32.1. The fourth-order valence-corrected chi connectivity index (χ4v) is 2.94. The number of nitrogen functional groups attached to an aromatic ring is 1. The van der Waals surface area contributed by atoms with Crippen LogP contribution in [0.1, 0.15) is 17.9 Å². The fourth-order valence-electron chi connectivity index (χ4n) is 2.38. The first-order chi connectivity index (χ1) is 10.3. The third-order valence-electron chi connectivity index (χ3n) is 3.32. The van der Waals surface area contributed by atoms with Crippen molar-refractivity contribution in [2.45, 2.75) is 12.8 Å². The zero-order valence-corrected chi connectivity index (χ0v) is 12.1. The van der Waals surface area contributed by atoms with Crippen LogP contribution in [0.3, 0.4) is 0 Å². The molecule has 0 unspecified atom stereocenters. The molecule has 0 fully saturated rings. The van der Waals surface area contributed by atoms with Crippen LogP contribution in [0.15, 0.2) is 17.5 Å². The van der Waals surface area contributed by atoms with E-state index in [0.717, 1.165) is 40.5 Å². The van der Waals surface area contributed by atoms with Crippen LogP contribution in [0.4, 0.5) is 5.13 Å². The van der Waals surface area contributed by atoms with Gasteiger partial charge in [0.2, 0.25) is 0 Å². The van der Waals surface area contributed by atoms with E-state index in [1.54, 1.807) is 0 Å². The molecular formula is C14H14N4O2S. The normalized spacial score (nSPS) is 14.3. The molecule has 1 aliphatic rings. The topological polar surface area (TPSA) is 86.1 Å². The van der Waals surface area contributed by atoms with Gasteiger partial charge in [0.05, 0.1) is 29.9 Å². The molecule has 3 heterocycles. The lowest BCUT2D eigenvalue weighted by molar-refractivity contribution is 0.297. The monoisotopic (exact) mass is 302 g/mol. The van der Waals surface area contributed by atoms with Crippen LogP contribution in [-0.4, -0.2) is 28.2 Å². The van der Waals surface area contributed by atoms with Gasteiger partial charge in [0.25, 0.3) is 0 Å². The van der Waals surface area contributed by atoms with Gasteiger partial charge in [-0.2, -0.15) is 0 Å². The molecule has 0 bridgehead atoms. The molecule has 0 saturated carbocycles. The molecule has 7 heteroatoms. The second-order valence-corrected chi connectivity index (χ2v) is 5.79. The van der Waals surface area contributed by atoms with Gasteiger partial charge < -0.3 is 20.2 Å². The van der Waals surface area contributed by atoms with E-state index < -0.39 is 0 Å². The summed E-state index contributed by atoms with van der Waals surface area (Å²) in [6, 6.07) is 3.87. The summed E-state index contributed by atoms with van der Waals surface area (Å²) < 4.78 is 11.4. The number of ether oxygens (including phenoxy) is 2. The average Bonchev–Trinajstić information content (AvgIpc) is 2.96. The van der Waals surface area contributed by atoms with Gasteiger partial charge in [0, 0.05) is 30.4 Å². The molecule has 1 aliphatic heterocycles. The molecule has 0 radical (unpaired) electrons. The number of H-pyrrole nitrogens is 1. The first-order valence-corrected chi connectivity index (χ1v) is 7.64. The molecule has 0 aliphatic carbocycles. The fraction of sp³-hybridized carbons (Fsp3) is 0.286. The molecule has 3 N–H and O–H groups in total. The number of anilines is 1. The Hall–Kier alpha value is -2.28. The Morgan fingerprint density at radius 2 is 2.00 bits per heavy atom. The van der Waals surface area contributed by atoms with Gasteiger partial charge in [-0.3, -0.25) is 0 Å². The molecule has 21 heavy (non-hydrogen) atoms. The summed E-state index contributed by atoms with van der Waals surface area (Å²) >= 11 is 1.44. The number of aromatic amines is 1. The van der Waals surface area contributed by atoms with Crippen molar-refractivity contribution in [3.05, 3.63) is 29.0 Å². The van der Waals surface area contributed by atoms with E-state index >= 15 is 0 Å². The Bertz CT molecular complexity index is 752. The molecule has 1 aromatic carbocycles. The maximum absolute atomic E-state index is 5.69. The molecule has 0 atom stereocenters. The molecule has 3 aromatic rings. The van der Waals surface area contributed by atoms with Crippen LogP contribution in [0.25, 0.3) is 11.0 Å². The summed E-state index contributed by atoms with van der Waals surface area (Å²) in [5, 5.41) is 2.53. The van der Waals surface area contributed by atoms with Crippen molar-refractivity contribution in [1.82, 2.24) is 15.0 Å². The van der Waals surface area contributed by atoms with Crippen LogP contribution in [0.5, 0.6) is 11.5 Å². The number of thiazole rings is 1. The van der Waals surface area contributed by atoms with Crippen molar-refractivity contribution in [3.63, 3.8) is 0 Å². The maximum atomic E-state index is 5.69. The summed E-state index contributed by atoms with van der Waals surface area (Å²) in [6.07, 6.45) is 1.53. The van der Waals surface area contributed by atoms with Crippen molar-refractivity contribution in [2.75, 3.05) is 18.9 Å². The number of rotatable bonds is 2. The molecule has 0 spiro atoms. The van der Waals surface area contributed by atoms with Crippen molar-refractivity contribution >= 4 is 27.5 Å².